The third-order valence-electron chi connectivity index (χ3n) is 1.56. The number of hydrogen-bond donors (Lipinski definition) is 3. The van der Waals surface area contributed by atoms with Crippen molar-refractivity contribution in [2.24, 2.45) is 16.8 Å². The fourth-order valence-corrected chi connectivity index (χ4v) is 0.776. The fourth-order valence-electron chi connectivity index (χ4n) is 0.776. The Hall–Kier alpha value is -1.70. The second-order valence-electron chi connectivity index (χ2n) is 2.63. The molecular weight excluding hydrogens is 192 g/mol. The van der Waals surface area contributed by atoms with Gasteiger partial charge in [0.05, 0.1) is 5.29 Å². The standard InChI is InChI=1S/C6H12N4O4/c7-4(5(11)12)2-1-3-10(9-14)6(8)13/h4H,1-3,7H2,(H2,8,13)(H,11,12)/t4-/m0/s1. The van der Waals surface area contributed by atoms with Crippen LogP contribution in [0.4, 0.5) is 4.79 Å². The molecule has 0 unspecified atom stereocenters. The van der Waals surface area contributed by atoms with Gasteiger partial charge in [-0.2, -0.15) is 5.01 Å². The van der Waals surface area contributed by atoms with E-state index in [1.807, 2.05) is 0 Å². The molecule has 5 N–H and O–H groups in total. The van der Waals surface area contributed by atoms with Crippen molar-refractivity contribution in [2.45, 2.75) is 18.9 Å². The summed E-state index contributed by atoms with van der Waals surface area (Å²) in [6, 6.07) is -1.97. The fraction of sp³-hybridized carbons (Fsp3) is 0.667. The molecule has 0 rings (SSSR count). The number of carboxylic acid groups (broad SMARTS) is 1. The lowest BCUT2D eigenvalue weighted by molar-refractivity contribution is -0.138. The van der Waals surface area contributed by atoms with E-state index in [1.54, 1.807) is 0 Å². The van der Waals surface area contributed by atoms with E-state index in [2.05, 4.69) is 5.29 Å². The maximum atomic E-state index is 10.4. The Kier molecular flexibility index (Phi) is 5.15. The zero-order valence-corrected chi connectivity index (χ0v) is 7.42. The van der Waals surface area contributed by atoms with Gasteiger partial charge in [-0.3, -0.25) is 4.79 Å². The van der Waals surface area contributed by atoms with Crippen LogP contribution in [0.5, 0.6) is 0 Å². The van der Waals surface area contributed by atoms with Crippen molar-refractivity contribution in [2.75, 3.05) is 6.54 Å². The van der Waals surface area contributed by atoms with E-state index in [1.165, 1.54) is 0 Å². The number of urea groups is 1. The van der Waals surface area contributed by atoms with E-state index in [4.69, 9.17) is 16.6 Å². The van der Waals surface area contributed by atoms with Crippen molar-refractivity contribution in [1.82, 2.24) is 5.01 Å². The average molecular weight is 204 g/mol. The van der Waals surface area contributed by atoms with Crippen molar-refractivity contribution in [3.63, 3.8) is 0 Å². The maximum absolute atomic E-state index is 10.4. The predicted octanol–water partition coefficient (Wildman–Crippen LogP) is -0.759. The summed E-state index contributed by atoms with van der Waals surface area (Å²) < 4.78 is 0. The number of nitroso groups, excluding NO2 is 1. The van der Waals surface area contributed by atoms with Crippen LogP contribution < -0.4 is 11.5 Å². The molecule has 0 saturated carbocycles. The lowest BCUT2D eigenvalue weighted by atomic mass is 10.2. The second-order valence-corrected chi connectivity index (χ2v) is 2.63. The number of carboxylic acids is 1. The number of carbonyl (C=O) groups excluding carboxylic acids is 1. The first-order chi connectivity index (χ1) is 6.49. The van der Waals surface area contributed by atoms with Crippen molar-refractivity contribution in [3.8, 4) is 0 Å². The van der Waals surface area contributed by atoms with Gasteiger partial charge >= 0.3 is 12.0 Å². The van der Waals surface area contributed by atoms with E-state index in [-0.39, 0.29) is 19.4 Å². The van der Waals surface area contributed by atoms with E-state index in [9.17, 15) is 14.5 Å². The molecule has 0 radical (unpaired) electrons. The van der Waals surface area contributed by atoms with E-state index in [0.29, 0.717) is 5.01 Å². The molecule has 80 valence electrons. The van der Waals surface area contributed by atoms with Crippen LogP contribution in [0.2, 0.25) is 0 Å². The lowest BCUT2D eigenvalue weighted by Crippen LogP contribution is -2.34. The average Bonchev–Trinajstić information content (AvgIpc) is 2.11. The molecule has 2 amide bonds. The van der Waals surface area contributed by atoms with Gasteiger partial charge in [-0.1, -0.05) is 0 Å². The van der Waals surface area contributed by atoms with Crippen LogP contribution in [0.25, 0.3) is 0 Å². The monoisotopic (exact) mass is 204 g/mol. The zero-order valence-electron chi connectivity index (χ0n) is 7.42. The lowest BCUT2D eigenvalue weighted by Gasteiger charge is -2.10. The highest BCUT2D eigenvalue weighted by atomic mass is 16.4. The minimum absolute atomic E-state index is 0.0280. The van der Waals surface area contributed by atoms with Gasteiger partial charge in [-0.25, -0.2) is 4.79 Å². The molecule has 0 aromatic carbocycles. The van der Waals surface area contributed by atoms with Gasteiger partial charge in [0, 0.05) is 6.54 Å². The largest absolute Gasteiger partial charge is 0.480 e. The third kappa shape index (κ3) is 4.36. The molecule has 0 aromatic heterocycles. The van der Waals surface area contributed by atoms with Gasteiger partial charge in [-0.05, 0) is 12.8 Å². The highest BCUT2D eigenvalue weighted by Gasteiger charge is 2.13. The van der Waals surface area contributed by atoms with Crippen LogP contribution in [0.15, 0.2) is 5.29 Å². The summed E-state index contributed by atoms with van der Waals surface area (Å²) in [6.45, 7) is -0.0280. The molecule has 8 heteroatoms. The summed E-state index contributed by atoms with van der Waals surface area (Å²) in [4.78, 5) is 30.7. The van der Waals surface area contributed by atoms with Gasteiger partial charge < -0.3 is 16.6 Å². The summed E-state index contributed by atoms with van der Waals surface area (Å²) in [6.07, 6.45) is 0.400. The van der Waals surface area contributed by atoms with E-state index in [0.717, 1.165) is 0 Å². The molecule has 0 bridgehead atoms. The number of nitrogens with two attached hydrogens (primary N) is 2. The van der Waals surface area contributed by atoms with Crippen molar-refractivity contribution in [3.05, 3.63) is 4.91 Å². The molecule has 0 aliphatic heterocycles. The first kappa shape index (κ1) is 12.3. The molecule has 0 spiro atoms. The first-order valence-electron chi connectivity index (χ1n) is 3.87. The molecule has 0 aliphatic rings. The van der Waals surface area contributed by atoms with Crippen LogP contribution in [0.1, 0.15) is 12.8 Å². The SMILES string of the molecule is NC(=O)N(CCC[C@H](N)C(=O)O)N=O. The number of primary amides is 1. The predicted molar refractivity (Wildman–Crippen MR) is 46.9 cm³/mol. The number of carbonyl (C=O) groups is 2. The van der Waals surface area contributed by atoms with Crippen LogP contribution in [-0.4, -0.2) is 34.7 Å². The number of rotatable bonds is 6. The van der Waals surface area contributed by atoms with Gasteiger partial charge in [0.15, 0.2) is 0 Å². The third-order valence-corrected chi connectivity index (χ3v) is 1.56. The summed E-state index contributed by atoms with van der Waals surface area (Å²) in [5.41, 5.74) is 9.95. The number of aliphatic carboxylic acids is 1. The quantitative estimate of drug-likeness (QED) is 0.385. The Labute approximate surface area is 79.8 Å². The van der Waals surface area contributed by atoms with Crippen molar-refractivity contribution in [1.29, 1.82) is 0 Å². The topological polar surface area (TPSA) is 139 Å². The molecule has 0 aromatic rings. The molecule has 0 saturated heterocycles. The van der Waals surface area contributed by atoms with Crippen molar-refractivity contribution >= 4 is 12.0 Å². The van der Waals surface area contributed by atoms with Crippen LogP contribution in [0, 0.1) is 4.91 Å². The molecule has 0 heterocycles. The van der Waals surface area contributed by atoms with Crippen LogP contribution >= 0.6 is 0 Å². The maximum Gasteiger partial charge on any atom is 0.337 e. The zero-order chi connectivity index (χ0) is 11.1. The molecule has 0 fully saturated rings. The highest BCUT2D eigenvalue weighted by molar-refractivity contribution is 5.73. The molecule has 14 heavy (non-hydrogen) atoms. The summed E-state index contributed by atoms with van der Waals surface area (Å²) >= 11 is 0. The Balaban J connectivity index is 3.77. The number of hydrogen-bond acceptors (Lipinski definition) is 5. The van der Waals surface area contributed by atoms with Gasteiger partial charge in [0.1, 0.15) is 6.04 Å². The molecule has 0 aliphatic carbocycles. The molecule has 1 atom stereocenters. The van der Waals surface area contributed by atoms with Crippen LogP contribution in [0.3, 0.4) is 0 Å². The number of amides is 2. The molecular formula is C6H12N4O4. The van der Waals surface area contributed by atoms with E-state index < -0.39 is 18.0 Å². The Bertz CT molecular complexity index is 232. The summed E-state index contributed by atoms with van der Waals surface area (Å²) in [7, 11) is 0. The van der Waals surface area contributed by atoms with Gasteiger partial charge in [0.2, 0.25) is 0 Å². The summed E-state index contributed by atoms with van der Waals surface area (Å²) in [5, 5.41) is 11.3. The van der Waals surface area contributed by atoms with Gasteiger partial charge in [0.25, 0.3) is 0 Å². The van der Waals surface area contributed by atoms with E-state index >= 15 is 0 Å². The molecule has 8 nitrogen and oxygen atoms in total. The second kappa shape index (κ2) is 5.86. The first-order valence-corrected chi connectivity index (χ1v) is 3.87. The Morgan fingerprint density at radius 2 is 2.07 bits per heavy atom. The smallest absolute Gasteiger partial charge is 0.337 e. The van der Waals surface area contributed by atoms with Crippen molar-refractivity contribution < 1.29 is 14.7 Å². The highest BCUT2D eigenvalue weighted by Crippen LogP contribution is 1.98. The minimum atomic E-state index is -1.13. The normalized spacial score (nSPS) is 11.8. The summed E-state index contributed by atoms with van der Waals surface area (Å²) in [5.74, 6) is -1.13. The minimum Gasteiger partial charge on any atom is -0.480 e. The Morgan fingerprint density at radius 3 is 2.43 bits per heavy atom. The Morgan fingerprint density at radius 1 is 1.50 bits per heavy atom. The van der Waals surface area contributed by atoms with Crippen LogP contribution in [-0.2, 0) is 4.79 Å². The number of nitrogens with zero attached hydrogens (tertiary/aromatic N) is 2. The van der Waals surface area contributed by atoms with Gasteiger partial charge in [-0.15, -0.1) is 4.91 Å².